The Balaban J connectivity index is 2.15. The average Bonchev–Trinajstić information content (AvgIpc) is 2.58. The van der Waals surface area contributed by atoms with Crippen LogP contribution in [0.2, 0.25) is 0 Å². The van der Waals surface area contributed by atoms with Gasteiger partial charge >= 0.3 is 0 Å². The molecule has 0 saturated carbocycles. The quantitative estimate of drug-likeness (QED) is 0.866. The molecule has 1 fully saturated rings. The lowest BCUT2D eigenvalue weighted by atomic mass is 9.87. The summed E-state index contributed by atoms with van der Waals surface area (Å²) in [5.41, 5.74) is 1.71. The van der Waals surface area contributed by atoms with Crippen LogP contribution in [0, 0.1) is 12.8 Å². The smallest absolute Gasteiger partial charge is 0.257 e. The van der Waals surface area contributed by atoms with E-state index in [4.69, 9.17) is 9.84 Å². The Hall–Kier alpha value is -1.59. The van der Waals surface area contributed by atoms with Gasteiger partial charge in [0.05, 0.1) is 12.7 Å². The number of hydrogen-bond donors (Lipinski definition) is 1. The standard InChI is InChI=1S/C19H30N2O3/c1-14-7-8-16(18(12-14)24-4)19(23)21-10-9-17(20(2)3)15(13-21)6-5-11-22/h7-8,12,15,17,22H,5-6,9-11,13H2,1-4H3/t15-,17+/m1/s1. The minimum absolute atomic E-state index is 0.0399. The molecule has 0 bridgehead atoms. The molecule has 1 heterocycles. The van der Waals surface area contributed by atoms with Gasteiger partial charge in [0.1, 0.15) is 5.75 Å². The van der Waals surface area contributed by atoms with Gasteiger partial charge in [0.2, 0.25) is 0 Å². The van der Waals surface area contributed by atoms with E-state index in [9.17, 15) is 4.79 Å². The largest absolute Gasteiger partial charge is 0.496 e. The summed E-state index contributed by atoms with van der Waals surface area (Å²) in [4.78, 5) is 17.2. The highest BCUT2D eigenvalue weighted by Gasteiger charge is 2.33. The van der Waals surface area contributed by atoms with Crippen molar-refractivity contribution in [3.8, 4) is 5.75 Å². The summed E-state index contributed by atoms with van der Waals surface area (Å²) < 4.78 is 5.40. The van der Waals surface area contributed by atoms with Gasteiger partial charge in [-0.1, -0.05) is 6.07 Å². The fourth-order valence-corrected chi connectivity index (χ4v) is 3.67. The second-order valence-electron chi connectivity index (χ2n) is 6.90. The molecule has 0 spiro atoms. The van der Waals surface area contributed by atoms with Crippen molar-refractivity contribution in [3.63, 3.8) is 0 Å². The first-order chi connectivity index (χ1) is 11.5. The number of nitrogens with zero attached hydrogens (tertiary/aromatic N) is 2. The lowest BCUT2D eigenvalue weighted by molar-refractivity contribution is 0.0493. The fourth-order valence-electron chi connectivity index (χ4n) is 3.67. The van der Waals surface area contributed by atoms with Gasteiger partial charge in [-0.25, -0.2) is 0 Å². The number of aliphatic hydroxyl groups excluding tert-OH is 1. The number of rotatable bonds is 6. The summed E-state index contributed by atoms with van der Waals surface area (Å²) in [6.07, 6.45) is 2.68. The van der Waals surface area contributed by atoms with Crippen molar-refractivity contribution in [2.24, 2.45) is 5.92 Å². The Kier molecular flexibility index (Phi) is 6.63. The van der Waals surface area contributed by atoms with E-state index in [-0.39, 0.29) is 12.5 Å². The van der Waals surface area contributed by atoms with Crippen molar-refractivity contribution in [1.29, 1.82) is 0 Å². The SMILES string of the molecule is COc1cc(C)ccc1C(=O)N1CC[C@H](N(C)C)[C@H](CCCO)C1. The summed E-state index contributed by atoms with van der Waals surface area (Å²) >= 11 is 0. The molecule has 1 saturated heterocycles. The molecule has 1 aliphatic heterocycles. The Bertz CT molecular complexity index is 560. The monoisotopic (exact) mass is 334 g/mol. The summed E-state index contributed by atoms with van der Waals surface area (Å²) in [5.74, 6) is 1.07. The van der Waals surface area contributed by atoms with Crippen LogP contribution in [0.3, 0.4) is 0 Å². The van der Waals surface area contributed by atoms with Gasteiger partial charge in [-0.2, -0.15) is 0 Å². The number of benzene rings is 1. The molecular weight excluding hydrogens is 304 g/mol. The second kappa shape index (κ2) is 8.49. The van der Waals surface area contributed by atoms with Gasteiger partial charge < -0.3 is 19.6 Å². The molecule has 1 amide bonds. The van der Waals surface area contributed by atoms with Gasteiger partial charge in [-0.05, 0) is 63.9 Å². The number of piperidine rings is 1. The van der Waals surface area contributed by atoms with E-state index in [2.05, 4.69) is 19.0 Å². The maximum absolute atomic E-state index is 13.0. The first kappa shape index (κ1) is 18.7. The maximum atomic E-state index is 13.0. The highest BCUT2D eigenvalue weighted by atomic mass is 16.5. The van der Waals surface area contributed by atoms with Crippen LogP contribution in [-0.4, -0.2) is 67.8 Å². The molecule has 24 heavy (non-hydrogen) atoms. The van der Waals surface area contributed by atoms with Crippen LogP contribution in [0.4, 0.5) is 0 Å². The van der Waals surface area contributed by atoms with E-state index in [1.54, 1.807) is 7.11 Å². The van der Waals surface area contributed by atoms with E-state index in [0.717, 1.165) is 37.9 Å². The molecule has 1 aromatic carbocycles. The molecule has 1 aromatic rings. The van der Waals surface area contributed by atoms with Crippen LogP contribution in [0.15, 0.2) is 18.2 Å². The summed E-state index contributed by atoms with van der Waals surface area (Å²) in [6.45, 7) is 3.69. The first-order valence-electron chi connectivity index (χ1n) is 8.69. The van der Waals surface area contributed by atoms with E-state index < -0.39 is 0 Å². The highest BCUT2D eigenvalue weighted by molar-refractivity contribution is 5.97. The molecule has 0 unspecified atom stereocenters. The summed E-state index contributed by atoms with van der Waals surface area (Å²) in [7, 11) is 5.79. The van der Waals surface area contributed by atoms with E-state index in [1.165, 1.54) is 0 Å². The summed E-state index contributed by atoms with van der Waals surface area (Å²) in [6, 6.07) is 6.17. The molecule has 1 N–H and O–H groups in total. The van der Waals surface area contributed by atoms with Crippen molar-refractivity contribution in [1.82, 2.24) is 9.80 Å². The minimum atomic E-state index is 0.0399. The minimum Gasteiger partial charge on any atom is -0.496 e. The predicted molar refractivity (Wildman–Crippen MR) is 95.5 cm³/mol. The number of aliphatic hydroxyl groups is 1. The van der Waals surface area contributed by atoms with Crippen molar-refractivity contribution in [2.45, 2.75) is 32.2 Å². The van der Waals surface area contributed by atoms with Gasteiger partial charge in [0.25, 0.3) is 5.91 Å². The van der Waals surface area contributed by atoms with E-state index in [1.807, 2.05) is 30.0 Å². The normalized spacial score (nSPS) is 21.2. The zero-order valence-electron chi connectivity index (χ0n) is 15.3. The van der Waals surface area contributed by atoms with Crippen LogP contribution in [0.1, 0.15) is 35.2 Å². The number of carbonyl (C=O) groups excluding carboxylic acids is 1. The van der Waals surface area contributed by atoms with Gasteiger partial charge in [0.15, 0.2) is 0 Å². The molecule has 1 aliphatic rings. The fraction of sp³-hybridized carbons (Fsp3) is 0.632. The highest BCUT2D eigenvalue weighted by Crippen LogP contribution is 2.28. The van der Waals surface area contributed by atoms with Crippen molar-refractivity contribution >= 4 is 5.91 Å². The Morgan fingerprint density at radius 2 is 2.17 bits per heavy atom. The number of carbonyl (C=O) groups is 1. The first-order valence-corrected chi connectivity index (χ1v) is 8.69. The third-order valence-electron chi connectivity index (χ3n) is 4.96. The maximum Gasteiger partial charge on any atom is 0.257 e. The molecule has 134 valence electrons. The second-order valence-corrected chi connectivity index (χ2v) is 6.90. The third-order valence-corrected chi connectivity index (χ3v) is 4.96. The molecule has 5 nitrogen and oxygen atoms in total. The van der Waals surface area contributed by atoms with Gasteiger partial charge in [-0.15, -0.1) is 0 Å². The zero-order valence-corrected chi connectivity index (χ0v) is 15.3. The number of ether oxygens (including phenoxy) is 1. The van der Waals surface area contributed by atoms with Crippen molar-refractivity contribution in [3.05, 3.63) is 29.3 Å². The van der Waals surface area contributed by atoms with Crippen LogP contribution >= 0.6 is 0 Å². The Morgan fingerprint density at radius 3 is 2.79 bits per heavy atom. The van der Waals surface area contributed by atoms with Gasteiger partial charge in [0, 0.05) is 25.7 Å². The van der Waals surface area contributed by atoms with Crippen molar-refractivity contribution in [2.75, 3.05) is 40.9 Å². The van der Waals surface area contributed by atoms with Crippen LogP contribution in [0.5, 0.6) is 5.75 Å². The number of amides is 1. The predicted octanol–water partition coefficient (Wildman–Crippen LogP) is 2.17. The van der Waals surface area contributed by atoms with Gasteiger partial charge in [-0.3, -0.25) is 4.79 Å². The van der Waals surface area contributed by atoms with Crippen LogP contribution < -0.4 is 4.74 Å². The third kappa shape index (κ3) is 4.28. The van der Waals surface area contributed by atoms with E-state index in [0.29, 0.717) is 23.3 Å². The molecule has 5 heteroatoms. The summed E-state index contributed by atoms with van der Waals surface area (Å²) in [5, 5.41) is 9.16. The van der Waals surface area contributed by atoms with E-state index >= 15 is 0 Å². The van der Waals surface area contributed by atoms with Crippen LogP contribution in [-0.2, 0) is 0 Å². The number of hydrogen-bond acceptors (Lipinski definition) is 4. The molecule has 0 radical (unpaired) electrons. The molecule has 2 rings (SSSR count). The Labute approximate surface area is 145 Å². The average molecular weight is 334 g/mol. The zero-order chi connectivity index (χ0) is 17.7. The Morgan fingerprint density at radius 1 is 1.42 bits per heavy atom. The van der Waals surface area contributed by atoms with Crippen molar-refractivity contribution < 1.29 is 14.6 Å². The lowest BCUT2D eigenvalue weighted by Crippen LogP contribution is -2.50. The topological polar surface area (TPSA) is 53.0 Å². The number of methoxy groups -OCH3 is 1. The number of aryl methyl sites for hydroxylation is 1. The number of likely N-dealkylation sites (tertiary alicyclic amines) is 1. The molecule has 2 atom stereocenters. The lowest BCUT2D eigenvalue weighted by Gasteiger charge is -2.41. The van der Waals surface area contributed by atoms with Crippen LogP contribution in [0.25, 0.3) is 0 Å². The molecule has 0 aromatic heterocycles. The molecular formula is C19H30N2O3. The molecule has 0 aliphatic carbocycles.